The number of rotatable bonds is 4. The predicted octanol–water partition coefficient (Wildman–Crippen LogP) is -0.167. The molecule has 1 aliphatic rings. The Labute approximate surface area is 83.9 Å². The number of aromatic nitrogens is 3. The van der Waals surface area contributed by atoms with Gasteiger partial charge in [0.25, 0.3) is 0 Å². The SMILES string of the molecule is NCCn1cc(CN2CCCC2)nn1. The fourth-order valence-corrected chi connectivity index (χ4v) is 1.82. The molecule has 0 atom stereocenters. The van der Waals surface area contributed by atoms with Crippen LogP contribution in [0.5, 0.6) is 0 Å². The van der Waals surface area contributed by atoms with Crippen molar-refractivity contribution in [1.29, 1.82) is 0 Å². The van der Waals surface area contributed by atoms with Gasteiger partial charge in [-0.15, -0.1) is 5.10 Å². The summed E-state index contributed by atoms with van der Waals surface area (Å²) in [6.45, 7) is 4.71. The highest BCUT2D eigenvalue weighted by Gasteiger charge is 2.13. The third-order valence-corrected chi connectivity index (χ3v) is 2.53. The van der Waals surface area contributed by atoms with E-state index in [4.69, 9.17) is 5.73 Å². The van der Waals surface area contributed by atoms with E-state index < -0.39 is 0 Å². The van der Waals surface area contributed by atoms with Crippen LogP contribution in [0, 0.1) is 0 Å². The molecule has 0 aliphatic carbocycles. The van der Waals surface area contributed by atoms with Crippen molar-refractivity contribution in [3.8, 4) is 0 Å². The Balaban J connectivity index is 1.88. The topological polar surface area (TPSA) is 60.0 Å². The van der Waals surface area contributed by atoms with Crippen molar-refractivity contribution in [1.82, 2.24) is 19.9 Å². The van der Waals surface area contributed by atoms with Crippen LogP contribution in [0.15, 0.2) is 6.20 Å². The van der Waals surface area contributed by atoms with Crippen LogP contribution < -0.4 is 5.73 Å². The van der Waals surface area contributed by atoms with E-state index in [9.17, 15) is 0 Å². The van der Waals surface area contributed by atoms with E-state index in [1.807, 2.05) is 10.9 Å². The Morgan fingerprint density at radius 3 is 2.86 bits per heavy atom. The van der Waals surface area contributed by atoms with Gasteiger partial charge in [0.2, 0.25) is 0 Å². The summed E-state index contributed by atoms with van der Waals surface area (Å²) in [7, 11) is 0. The molecule has 1 saturated heterocycles. The first-order chi connectivity index (χ1) is 6.88. The van der Waals surface area contributed by atoms with Crippen LogP contribution in [0.1, 0.15) is 18.5 Å². The summed E-state index contributed by atoms with van der Waals surface area (Å²) in [6, 6.07) is 0. The lowest BCUT2D eigenvalue weighted by atomic mass is 10.4. The first-order valence-corrected chi connectivity index (χ1v) is 5.20. The van der Waals surface area contributed by atoms with Crippen molar-refractivity contribution < 1.29 is 0 Å². The van der Waals surface area contributed by atoms with Crippen LogP contribution in [-0.4, -0.2) is 39.5 Å². The monoisotopic (exact) mass is 195 g/mol. The van der Waals surface area contributed by atoms with E-state index in [1.165, 1.54) is 25.9 Å². The van der Waals surface area contributed by atoms with Crippen molar-refractivity contribution in [2.24, 2.45) is 5.73 Å². The molecule has 2 N–H and O–H groups in total. The maximum Gasteiger partial charge on any atom is 0.0967 e. The van der Waals surface area contributed by atoms with Gasteiger partial charge in [-0.25, -0.2) is 0 Å². The molecule has 5 heteroatoms. The van der Waals surface area contributed by atoms with E-state index >= 15 is 0 Å². The summed E-state index contributed by atoms with van der Waals surface area (Å²) in [4.78, 5) is 2.41. The molecule has 0 amide bonds. The normalized spacial score (nSPS) is 17.8. The average Bonchev–Trinajstić information content (AvgIpc) is 2.79. The second kappa shape index (κ2) is 4.52. The molecular formula is C9H17N5. The zero-order valence-electron chi connectivity index (χ0n) is 8.39. The Morgan fingerprint density at radius 2 is 2.14 bits per heavy atom. The molecule has 1 aliphatic heterocycles. The molecular weight excluding hydrogens is 178 g/mol. The van der Waals surface area contributed by atoms with E-state index in [2.05, 4.69) is 15.2 Å². The maximum atomic E-state index is 5.43. The quantitative estimate of drug-likeness (QED) is 0.725. The summed E-state index contributed by atoms with van der Waals surface area (Å²) < 4.78 is 1.81. The molecule has 0 aromatic carbocycles. The Kier molecular flexibility index (Phi) is 3.10. The summed E-state index contributed by atoms with van der Waals surface area (Å²) in [5, 5.41) is 8.12. The standard InChI is InChI=1S/C9H17N5/c10-3-6-14-8-9(11-12-14)7-13-4-1-2-5-13/h8H,1-7,10H2. The molecule has 0 saturated carbocycles. The molecule has 1 aromatic rings. The molecule has 1 aromatic heterocycles. The van der Waals surface area contributed by atoms with E-state index in [1.54, 1.807) is 0 Å². The Hall–Kier alpha value is -0.940. The molecule has 2 heterocycles. The second-order valence-electron chi connectivity index (χ2n) is 3.74. The summed E-state index contributed by atoms with van der Waals surface area (Å²) in [5.74, 6) is 0. The molecule has 0 bridgehead atoms. The van der Waals surface area contributed by atoms with Crippen LogP contribution in [0.2, 0.25) is 0 Å². The molecule has 0 radical (unpaired) electrons. The lowest BCUT2D eigenvalue weighted by molar-refractivity contribution is 0.327. The van der Waals surface area contributed by atoms with Crippen LogP contribution in [0.25, 0.3) is 0 Å². The minimum Gasteiger partial charge on any atom is -0.329 e. The van der Waals surface area contributed by atoms with E-state index in [0.717, 1.165) is 18.8 Å². The van der Waals surface area contributed by atoms with Crippen LogP contribution in [0.4, 0.5) is 0 Å². The van der Waals surface area contributed by atoms with Gasteiger partial charge in [-0.1, -0.05) is 5.21 Å². The zero-order chi connectivity index (χ0) is 9.80. The number of nitrogens with two attached hydrogens (primary N) is 1. The van der Waals surface area contributed by atoms with Gasteiger partial charge in [-0.05, 0) is 25.9 Å². The van der Waals surface area contributed by atoms with Crippen molar-refractivity contribution in [3.05, 3.63) is 11.9 Å². The molecule has 14 heavy (non-hydrogen) atoms. The molecule has 5 nitrogen and oxygen atoms in total. The number of hydrogen-bond acceptors (Lipinski definition) is 4. The van der Waals surface area contributed by atoms with Crippen molar-refractivity contribution in [2.45, 2.75) is 25.9 Å². The molecule has 0 spiro atoms. The molecule has 1 fully saturated rings. The first kappa shape index (κ1) is 9.61. The van der Waals surface area contributed by atoms with Gasteiger partial charge in [-0.2, -0.15) is 0 Å². The van der Waals surface area contributed by atoms with Gasteiger partial charge in [0.1, 0.15) is 0 Å². The Bertz CT molecular complexity index is 276. The lowest BCUT2D eigenvalue weighted by Gasteiger charge is -2.11. The van der Waals surface area contributed by atoms with Gasteiger partial charge in [0.15, 0.2) is 0 Å². The third kappa shape index (κ3) is 2.30. The third-order valence-electron chi connectivity index (χ3n) is 2.53. The zero-order valence-corrected chi connectivity index (χ0v) is 8.39. The highest BCUT2D eigenvalue weighted by atomic mass is 15.4. The van der Waals surface area contributed by atoms with Gasteiger partial charge in [-0.3, -0.25) is 9.58 Å². The minimum atomic E-state index is 0.618. The fourth-order valence-electron chi connectivity index (χ4n) is 1.82. The van der Waals surface area contributed by atoms with Crippen molar-refractivity contribution >= 4 is 0 Å². The lowest BCUT2D eigenvalue weighted by Crippen LogP contribution is -2.18. The van der Waals surface area contributed by atoms with Crippen LogP contribution in [0.3, 0.4) is 0 Å². The Morgan fingerprint density at radius 1 is 1.36 bits per heavy atom. The number of hydrogen-bond donors (Lipinski definition) is 1. The number of nitrogens with zero attached hydrogens (tertiary/aromatic N) is 4. The first-order valence-electron chi connectivity index (χ1n) is 5.20. The molecule has 2 rings (SSSR count). The van der Waals surface area contributed by atoms with Gasteiger partial charge in [0.05, 0.1) is 12.2 Å². The highest BCUT2D eigenvalue weighted by Crippen LogP contribution is 2.10. The predicted molar refractivity (Wildman–Crippen MR) is 53.6 cm³/mol. The van der Waals surface area contributed by atoms with Crippen molar-refractivity contribution in [2.75, 3.05) is 19.6 Å². The van der Waals surface area contributed by atoms with Gasteiger partial charge >= 0.3 is 0 Å². The largest absolute Gasteiger partial charge is 0.329 e. The smallest absolute Gasteiger partial charge is 0.0967 e. The molecule has 0 unspecified atom stereocenters. The van der Waals surface area contributed by atoms with E-state index in [0.29, 0.717) is 6.54 Å². The van der Waals surface area contributed by atoms with Gasteiger partial charge in [0, 0.05) is 19.3 Å². The number of likely N-dealkylation sites (tertiary alicyclic amines) is 1. The van der Waals surface area contributed by atoms with E-state index in [-0.39, 0.29) is 0 Å². The molecule has 78 valence electrons. The van der Waals surface area contributed by atoms with Crippen LogP contribution >= 0.6 is 0 Å². The van der Waals surface area contributed by atoms with Gasteiger partial charge < -0.3 is 5.73 Å². The van der Waals surface area contributed by atoms with Crippen LogP contribution in [-0.2, 0) is 13.1 Å². The summed E-state index contributed by atoms with van der Waals surface area (Å²) in [5.41, 5.74) is 6.49. The minimum absolute atomic E-state index is 0.618. The summed E-state index contributed by atoms with van der Waals surface area (Å²) >= 11 is 0. The average molecular weight is 195 g/mol. The van der Waals surface area contributed by atoms with Crippen molar-refractivity contribution in [3.63, 3.8) is 0 Å². The fraction of sp³-hybridized carbons (Fsp3) is 0.778. The second-order valence-corrected chi connectivity index (χ2v) is 3.74. The maximum absolute atomic E-state index is 5.43. The summed E-state index contributed by atoms with van der Waals surface area (Å²) in [6.07, 6.45) is 4.62. The highest BCUT2D eigenvalue weighted by molar-refractivity contribution is 4.92.